The van der Waals surface area contributed by atoms with Crippen LogP contribution in [0.3, 0.4) is 0 Å². The molecule has 1 saturated carbocycles. The average molecular weight is 427 g/mol. The summed E-state index contributed by atoms with van der Waals surface area (Å²) >= 11 is 1.44. The number of carbonyl (C=O) groups is 1. The minimum absolute atomic E-state index is 0.0186. The lowest BCUT2D eigenvalue weighted by Crippen LogP contribution is -2.28. The highest BCUT2D eigenvalue weighted by molar-refractivity contribution is 7.19. The number of ether oxygens (including phenoxy) is 1. The van der Waals surface area contributed by atoms with Crippen LogP contribution in [0.5, 0.6) is 0 Å². The van der Waals surface area contributed by atoms with Crippen molar-refractivity contribution in [2.75, 3.05) is 0 Å². The normalized spacial score (nSPS) is 24.5. The predicted octanol–water partition coefficient (Wildman–Crippen LogP) is 7.77. The molecular weight excluding hydrogens is 395 g/mol. The molecule has 2 aliphatic carbocycles. The molecule has 1 aromatic carbocycles. The second kappa shape index (κ2) is 9.47. The van der Waals surface area contributed by atoms with Gasteiger partial charge in [-0.3, -0.25) is 4.79 Å². The Morgan fingerprint density at radius 3 is 2.73 bits per heavy atom. The van der Waals surface area contributed by atoms with E-state index in [9.17, 15) is 4.79 Å². The molecule has 0 amide bonds. The van der Waals surface area contributed by atoms with E-state index in [0.29, 0.717) is 16.7 Å². The van der Waals surface area contributed by atoms with Crippen molar-refractivity contribution in [2.45, 2.75) is 70.8 Å². The third-order valence-corrected chi connectivity index (χ3v) is 7.85. The Labute approximate surface area is 182 Å². The lowest BCUT2D eigenvalue weighted by atomic mass is 9.80. The maximum absolute atomic E-state index is 15.1. The topological polar surface area (TPSA) is 26.3 Å². The summed E-state index contributed by atoms with van der Waals surface area (Å²) in [7, 11) is 0. The molecule has 1 aromatic heterocycles. The molecule has 1 atom stereocenters. The van der Waals surface area contributed by atoms with E-state index in [1.165, 1.54) is 24.2 Å². The Kier molecular flexibility index (Phi) is 6.72. The largest absolute Gasteiger partial charge is 0.462 e. The van der Waals surface area contributed by atoms with Gasteiger partial charge in [-0.15, -0.1) is 11.3 Å². The van der Waals surface area contributed by atoms with Crippen molar-refractivity contribution in [2.24, 2.45) is 11.8 Å². The standard InChI is InChI=1S/C26H31FO2S/c1-3-5-17-6-8-19(9-7-17)26(28)29-21-13-10-18(11-14-21)23-15-12-20-16-22(4-2)30-25(20)24(23)27/h4,10,12,15-17,19,21H,2-3,5-9,11,13-14H2,1H3. The molecule has 0 N–H and O–H groups in total. The highest BCUT2D eigenvalue weighted by atomic mass is 32.1. The van der Waals surface area contributed by atoms with E-state index in [4.69, 9.17) is 4.74 Å². The summed E-state index contributed by atoms with van der Waals surface area (Å²) in [5, 5.41) is 0.924. The van der Waals surface area contributed by atoms with Gasteiger partial charge in [-0.2, -0.15) is 0 Å². The Morgan fingerprint density at radius 1 is 1.27 bits per heavy atom. The van der Waals surface area contributed by atoms with Gasteiger partial charge in [0.05, 0.1) is 10.6 Å². The lowest BCUT2D eigenvalue weighted by molar-refractivity contribution is -0.155. The third kappa shape index (κ3) is 4.54. The van der Waals surface area contributed by atoms with E-state index in [-0.39, 0.29) is 23.8 Å². The molecule has 4 heteroatoms. The maximum Gasteiger partial charge on any atom is 0.309 e. The SMILES string of the molecule is C=Cc1cc2ccc(C3=CCC(OC(=O)C4CCC(CCC)CC4)CC3)c(F)c2s1. The second-order valence-corrected chi connectivity index (χ2v) is 9.85. The number of hydrogen-bond acceptors (Lipinski definition) is 3. The molecule has 1 fully saturated rings. The molecular formula is C26H31FO2S. The average Bonchev–Trinajstić information content (AvgIpc) is 3.20. The molecule has 160 valence electrons. The van der Waals surface area contributed by atoms with E-state index in [1.807, 2.05) is 18.2 Å². The lowest BCUT2D eigenvalue weighted by Gasteiger charge is -2.29. The van der Waals surface area contributed by atoms with Gasteiger partial charge < -0.3 is 4.74 Å². The number of carbonyl (C=O) groups excluding carboxylic acids is 1. The molecule has 0 spiro atoms. The highest BCUT2D eigenvalue weighted by Gasteiger charge is 2.29. The van der Waals surface area contributed by atoms with Crippen LogP contribution in [-0.4, -0.2) is 12.1 Å². The van der Waals surface area contributed by atoms with Crippen LogP contribution >= 0.6 is 11.3 Å². The van der Waals surface area contributed by atoms with Gasteiger partial charge in [-0.05, 0) is 61.5 Å². The van der Waals surface area contributed by atoms with Crippen LogP contribution in [-0.2, 0) is 9.53 Å². The van der Waals surface area contributed by atoms with Gasteiger partial charge in [0.15, 0.2) is 0 Å². The highest BCUT2D eigenvalue weighted by Crippen LogP contribution is 2.37. The first-order chi connectivity index (χ1) is 14.6. The molecule has 2 nitrogen and oxygen atoms in total. The molecule has 0 bridgehead atoms. The van der Waals surface area contributed by atoms with E-state index in [0.717, 1.165) is 60.3 Å². The fourth-order valence-corrected chi connectivity index (χ4v) is 5.90. The van der Waals surface area contributed by atoms with E-state index in [2.05, 4.69) is 19.6 Å². The minimum Gasteiger partial charge on any atom is -0.462 e. The van der Waals surface area contributed by atoms with Crippen molar-refractivity contribution in [3.8, 4) is 0 Å². The summed E-state index contributed by atoms with van der Waals surface area (Å²) < 4.78 is 21.6. The number of thiophene rings is 1. The van der Waals surface area contributed by atoms with Crippen LogP contribution in [0.1, 0.15) is 75.2 Å². The maximum atomic E-state index is 15.1. The van der Waals surface area contributed by atoms with Crippen molar-refractivity contribution in [3.63, 3.8) is 0 Å². The van der Waals surface area contributed by atoms with Gasteiger partial charge in [-0.25, -0.2) is 4.39 Å². The van der Waals surface area contributed by atoms with Gasteiger partial charge in [-0.1, -0.05) is 50.6 Å². The van der Waals surface area contributed by atoms with Crippen molar-refractivity contribution in [3.05, 3.63) is 47.1 Å². The first-order valence-electron chi connectivity index (χ1n) is 11.3. The van der Waals surface area contributed by atoms with Crippen LogP contribution in [0.25, 0.3) is 21.7 Å². The van der Waals surface area contributed by atoms with E-state index in [1.54, 1.807) is 6.08 Å². The van der Waals surface area contributed by atoms with Gasteiger partial charge in [0.25, 0.3) is 0 Å². The summed E-state index contributed by atoms with van der Waals surface area (Å²) in [6.07, 6.45) is 12.7. The summed E-state index contributed by atoms with van der Waals surface area (Å²) in [5.41, 5.74) is 1.70. The molecule has 4 rings (SSSR count). The molecule has 0 saturated heterocycles. The van der Waals surface area contributed by atoms with Gasteiger partial charge in [0.1, 0.15) is 11.9 Å². The zero-order chi connectivity index (χ0) is 21.1. The molecule has 1 heterocycles. The Morgan fingerprint density at radius 2 is 2.07 bits per heavy atom. The van der Waals surface area contributed by atoms with Gasteiger partial charge >= 0.3 is 5.97 Å². The first kappa shape index (κ1) is 21.3. The first-order valence-corrected chi connectivity index (χ1v) is 12.1. The Hall–Kier alpha value is -1.94. The van der Waals surface area contributed by atoms with Crippen LogP contribution in [0.15, 0.2) is 30.9 Å². The van der Waals surface area contributed by atoms with Gasteiger partial charge in [0, 0.05) is 16.9 Å². The molecule has 2 aliphatic rings. The molecule has 0 radical (unpaired) electrons. The summed E-state index contributed by atoms with van der Waals surface area (Å²) in [5.74, 6) is 0.699. The molecule has 30 heavy (non-hydrogen) atoms. The van der Waals surface area contributed by atoms with Crippen LogP contribution in [0.4, 0.5) is 4.39 Å². The number of benzene rings is 1. The second-order valence-electron chi connectivity index (χ2n) is 8.77. The van der Waals surface area contributed by atoms with Crippen LogP contribution in [0.2, 0.25) is 0 Å². The van der Waals surface area contributed by atoms with E-state index >= 15 is 4.39 Å². The number of fused-ring (bicyclic) bond motifs is 1. The summed E-state index contributed by atoms with van der Waals surface area (Å²) in [6, 6.07) is 5.84. The van der Waals surface area contributed by atoms with Crippen molar-refractivity contribution in [1.29, 1.82) is 0 Å². The molecule has 1 unspecified atom stereocenters. The van der Waals surface area contributed by atoms with Crippen LogP contribution < -0.4 is 0 Å². The number of rotatable bonds is 6. The predicted molar refractivity (Wildman–Crippen MR) is 124 cm³/mol. The third-order valence-electron chi connectivity index (χ3n) is 6.72. The zero-order valence-corrected chi connectivity index (χ0v) is 18.6. The van der Waals surface area contributed by atoms with Crippen molar-refractivity contribution < 1.29 is 13.9 Å². The van der Waals surface area contributed by atoms with Crippen molar-refractivity contribution in [1.82, 2.24) is 0 Å². The van der Waals surface area contributed by atoms with Gasteiger partial charge in [0.2, 0.25) is 0 Å². The smallest absolute Gasteiger partial charge is 0.309 e. The number of allylic oxidation sites excluding steroid dienone is 1. The van der Waals surface area contributed by atoms with Crippen molar-refractivity contribution >= 4 is 39.0 Å². The number of halogens is 1. The monoisotopic (exact) mass is 426 g/mol. The summed E-state index contributed by atoms with van der Waals surface area (Å²) in [4.78, 5) is 13.6. The Balaban J connectivity index is 1.36. The Bertz CT molecular complexity index is 949. The zero-order valence-electron chi connectivity index (χ0n) is 17.8. The number of hydrogen-bond donors (Lipinski definition) is 0. The van der Waals surface area contributed by atoms with E-state index < -0.39 is 0 Å². The van der Waals surface area contributed by atoms with Crippen LogP contribution in [0, 0.1) is 17.7 Å². The summed E-state index contributed by atoms with van der Waals surface area (Å²) in [6.45, 7) is 6.01. The fraction of sp³-hybridized carbons (Fsp3) is 0.500. The minimum atomic E-state index is -0.142. The molecule has 2 aromatic rings. The fourth-order valence-electron chi connectivity index (χ4n) is 4.95. The number of esters is 1. The quantitative estimate of drug-likeness (QED) is 0.441. The molecule has 0 aliphatic heterocycles.